The Labute approximate surface area is 372 Å². The summed E-state index contributed by atoms with van der Waals surface area (Å²) in [5.74, 6) is 4.64. The SMILES string of the molecule is c1ccc(-c2nc(-c3ccccc3)nc(-n3c4ccc(-c5ccc6c(c5)c5ccccc5n6-c5ccccc5)cc4c4cc5c(cc43)Oc3cccc4c3N5c3ccccc3O4)n2)cc1. The van der Waals surface area contributed by atoms with E-state index in [-0.39, 0.29) is 0 Å². The highest BCUT2D eigenvalue weighted by Gasteiger charge is 2.35. The van der Waals surface area contributed by atoms with E-state index < -0.39 is 0 Å². The summed E-state index contributed by atoms with van der Waals surface area (Å²) in [7, 11) is 0. The van der Waals surface area contributed by atoms with Crippen LogP contribution in [-0.4, -0.2) is 24.1 Å². The van der Waals surface area contributed by atoms with Crippen molar-refractivity contribution >= 4 is 60.7 Å². The van der Waals surface area contributed by atoms with E-state index in [2.05, 4.69) is 123 Å². The zero-order valence-corrected chi connectivity index (χ0v) is 34.6. The van der Waals surface area contributed by atoms with Crippen LogP contribution in [0.15, 0.2) is 206 Å². The van der Waals surface area contributed by atoms with Gasteiger partial charge in [0, 0.05) is 44.4 Å². The second kappa shape index (κ2) is 13.7. The molecule has 0 amide bonds. The van der Waals surface area contributed by atoms with E-state index >= 15 is 0 Å². The molecular weight excluding hydrogens is 801 g/mol. The monoisotopic (exact) mass is 834 g/mol. The molecule has 0 radical (unpaired) electrons. The van der Waals surface area contributed by atoms with E-state index in [9.17, 15) is 0 Å². The van der Waals surface area contributed by atoms with E-state index in [4.69, 9.17) is 24.4 Å². The molecule has 0 spiro atoms. The lowest BCUT2D eigenvalue weighted by Gasteiger charge is -2.37. The zero-order valence-electron chi connectivity index (χ0n) is 34.6. The van der Waals surface area contributed by atoms with E-state index in [1.807, 2.05) is 97.1 Å². The Hall–Kier alpha value is -9.01. The lowest BCUT2D eigenvalue weighted by Crippen LogP contribution is -2.20. The summed E-state index contributed by atoms with van der Waals surface area (Å²) < 4.78 is 17.8. The number of nitrogens with zero attached hydrogens (tertiary/aromatic N) is 6. The van der Waals surface area contributed by atoms with Crippen LogP contribution in [0, 0.1) is 0 Å². The van der Waals surface area contributed by atoms with Gasteiger partial charge in [-0.05, 0) is 83.9 Å². The van der Waals surface area contributed by atoms with Crippen molar-refractivity contribution in [1.29, 1.82) is 0 Å². The van der Waals surface area contributed by atoms with Crippen LogP contribution < -0.4 is 14.4 Å². The molecule has 3 aromatic heterocycles. The number of hydrogen-bond acceptors (Lipinski definition) is 6. The second-order valence-corrected chi connectivity index (χ2v) is 16.4. The molecule has 12 aromatic rings. The Balaban J connectivity index is 1.03. The Morgan fingerprint density at radius 1 is 0.323 bits per heavy atom. The van der Waals surface area contributed by atoms with Crippen LogP contribution in [0.3, 0.4) is 0 Å². The number of aromatic nitrogens is 5. The van der Waals surface area contributed by atoms with Gasteiger partial charge in [0.1, 0.15) is 5.69 Å². The van der Waals surface area contributed by atoms with E-state index in [0.29, 0.717) is 23.3 Å². The van der Waals surface area contributed by atoms with Crippen molar-refractivity contribution in [3.05, 3.63) is 206 Å². The summed E-state index contributed by atoms with van der Waals surface area (Å²) in [5.41, 5.74) is 12.1. The van der Waals surface area contributed by atoms with E-state index in [0.717, 1.165) is 89.6 Å². The maximum absolute atomic E-state index is 6.83. The Morgan fingerprint density at radius 2 is 0.862 bits per heavy atom. The molecule has 0 fully saturated rings. The van der Waals surface area contributed by atoms with Gasteiger partial charge in [0.15, 0.2) is 34.6 Å². The number of anilines is 3. The first-order valence-electron chi connectivity index (χ1n) is 21.7. The first-order valence-corrected chi connectivity index (χ1v) is 21.7. The van der Waals surface area contributed by atoms with E-state index in [1.165, 1.54) is 16.3 Å². The summed E-state index contributed by atoms with van der Waals surface area (Å²) in [5, 5.41) is 4.49. The molecule has 0 saturated heterocycles. The highest BCUT2D eigenvalue weighted by Crippen LogP contribution is 2.60. The number of ether oxygens (including phenoxy) is 2. The van der Waals surface area contributed by atoms with Crippen LogP contribution in [0.2, 0.25) is 0 Å². The molecule has 8 heteroatoms. The molecule has 0 bridgehead atoms. The van der Waals surface area contributed by atoms with Crippen molar-refractivity contribution in [2.45, 2.75) is 0 Å². The first-order chi connectivity index (χ1) is 32.2. The van der Waals surface area contributed by atoms with Crippen LogP contribution >= 0.6 is 0 Å². The van der Waals surface area contributed by atoms with Crippen molar-refractivity contribution in [3.8, 4) is 68.5 Å². The fourth-order valence-electron chi connectivity index (χ4n) is 9.81. The van der Waals surface area contributed by atoms with Gasteiger partial charge in [0.05, 0.1) is 33.4 Å². The minimum atomic E-state index is 0.510. The summed E-state index contributed by atoms with van der Waals surface area (Å²) in [4.78, 5) is 17.8. The number of rotatable bonds is 5. The molecule has 2 aliphatic rings. The van der Waals surface area contributed by atoms with Gasteiger partial charge in [-0.2, -0.15) is 9.97 Å². The third kappa shape index (κ3) is 5.41. The molecule has 0 saturated carbocycles. The Bertz CT molecular complexity index is 3840. The Morgan fingerprint density at radius 3 is 1.57 bits per heavy atom. The second-order valence-electron chi connectivity index (χ2n) is 16.4. The third-order valence-corrected chi connectivity index (χ3v) is 12.7. The number of fused-ring (bicyclic) bond motifs is 10. The standard InChI is InChI=1S/C57H34N6O2/c1-4-15-35(16-5-1)55-58-56(36-17-6-2-7-18-36)60-57(59-55)63-46-30-28-38(37-27-29-45-41(31-37)40-21-10-11-22-44(40)61(45)39-19-8-3-9-20-39)32-42(46)43-33-49-53(34-48(43)63)65-52-26-14-25-51-54(52)62(49)47-23-12-13-24-50(47)64-51/h1-34H. The molecule has 0 atom stereocenters. The fourth-order valence-corrected chi connectivity index (χ4v) is 9.81. The number of hydrogen-bond donors (Lipinski definition) is 0. The minimum absolute atomic E-state index is 0.510. The fraction of sp³-hybridized carbons (Fsp3) is 0. The van der Waals surface area contributed by atoms with Crippen molar-refractivity contribution in [1.82, 2.24) is 24.1 Å². The summed E-state index contributed by atoms with van der Waals surface area (Å²) >= 11 is 0. The molecular formula is C57H34N6O2. The van der Waals surface area contributed by atoms with Crippen LogP contribution in [0.5, 0.6) is 23.0 Å². The van der Waals surface area contributed by atoms with Crippen LogP contribution in [0.1, 0.15) is 0 Å². The molecule has 8 nitrogen and oxygen atoms in total. The topological polar surface area (TPSA) is 70.2 Å². The largest absolute Gasteiger partial charge is 0.453 e. The smallest absolute Gasteiger partial charge is 0.238 e. The lowest BCUT2D eigenvalue weighted by molar-refractivity contribution is 0.446. The van der Waals surface area contributed by atoms with Crippen molar-refractivity contribution < 1.29 is 9.47 Å². The molecule has 2 aliphatic heterocycles. The highest BCUT2D eigenvalue weighted by molar-refractivity contribution is 6.14. The summed E-state index contributed by atoms with van der Waals surface area (Å²) in [6.45, 7) is 0. The van der Waals surface area contributed by atoms with Crippen LogP contribution in [0.4, 0.5) is 17.1 Å². The van der Waals surface area contributed by atoms with Gasteiger partial charge in [-0.15, -0.1) is 0 Å². The van der Waals surface area contributed by atoms with Gasteiger partial charge in [-0.3, -0.25) is 9.47 Å². The van der Waals surface area contributed by atoms with Gasteiger partial charge >= 0.3 is 0 Å². The average molecular weight is 835 g/mol. The molecule has 9 aromatic carbocycles. The average Bonchev–Trinajstić information content (AvgIpc) is 3.87. The minimum Gasteiger partial charge on any atom is -0.453 e. The first kappa shape index (κ1) is 35.6. The van der Waals surface area contributed by atoms with Gasteiger partial charge in [0.25, 0.3) is 0 Å². The van der Waals surface area contributed by atoms with E-state index in [1.54, 1.807) is 0 Å². The maximum Gasteiger partial charge on any atom is 0.238 e. The molecule has 5 heterocycles. The van der Waals surface area contributed by atoms with Crippen molar-refractivity contribution in [2.24, 2.45) is 0 Å². The Kier molecular flexibility index (Phi) is 7.52. The highest BCUT2D eigenvalue weighted by atomic mass is 16.5. The van der Waals surface area contributed by atoms with Crippen molar-refractivity contribution in [3.63, 3.8) is 0 Å². The lowest BCUT2D eigenvalue weighted by atomic mass is 10.00. The van der Waals surface area contributed by atoms with Gasteiger partial charge < -0.3 is 14.0 Å². The molecule has 65 heavy (non-hydrogen) atoms. The third-order valence-electron chi connectivity index (χ3n) is 12.7. The van der Waals surface area contributed by atoms with Crippen LogP contribution in [0.25, 0.3) is 89.2 Å². The molecule has 0 aliphatic carbocycles. The predicted molar refractivity (Wildman–Crippen MR) is 260 cm³/mol. The molecule has 14 rings (SSSR count). The predicted octanol–water partition coefficient (Wildman–Crippen LogP) is 14.7. The maximum atomic E-state index is 6.83. The van der Waals surface area contributed by atoms with Gasteiger partial charge in [0.2, 0.25) is 5.95 Å². The number of benzene rings is 9. The number of para-hydroxylation sites is 5. The summed E-state index contributed by atoms with van der Waals surface area (Å²) in [6.07, 6.45) is 0. The molecule has 0 unspecified atom stereocenters. The zero-order chi connectivity index (χ0) is 42.6. The quantitative estimate of drug-likeness (QED) is 0.172. The van der Waals surface area contributed by atoms with Crippen molar-refractivity contribution in [2.75, 3.05) is 4.90 Å². The van der Waals surface area contributed by atoms with Gasteiger partial charge in [-0.1, -0.05) is 127 Å². The van der Waals surface area contributed by atoms with Gasteiger partial charge in [-0.25, -0.2) is 4.98 Å². The summed E-state index contributed by atoms with van der Waals surface area (Å²) in [6, 6.07) is 71.5. The molecule has 304 valence electrons. The molecule has 0 N–H and O–H groups in total. The van der Waals surface area contributed by atoms with Crippen LogP contribution in [-0.2, 0) is 0 Å². The normalized spacial score (nSPS) is 12.5.